The van der Waals surface area contributed by atoms with Crippen molar-refractivity contribution in [2.75, 3.05) is 6.61 Å². The molecule has 0 amide bonds. The van der Waals surface area contributed by atoms with Crippen molar-refractivity contribution in [3.05, 3.63) is 95.6 Å². The van der Waals surface area contributed by atoms with Gasteiger partial charge in [-0.2, -0.15) is 13.2 Å². The summed E-state index contributed by atoms with van der Waals surface area (Å²) in [6.45, 7) is 11.5. The molecule has 2 atom stereocenters. The number of rotatable bonds is 8. The molecule has 0 radical (unpaired) electrons. The molecule has 0 aliphatic carbocycles. The Morgan fingerprint density at radius 3 is 2.03 bits per heavy atom. The molecule has 2 aromatic carbocycles. The molecule has 32 heavy (non-hydrogen) atoms. The summed E-state index contributed by atoms with van der Waals surface area (Å²) in [7, 11) is -1.82. The summed E-state index contributed by atoms with van der Waals surface area (Å²) in [4.78, 5) is 0. The zero-order valence-electron chi connectivity index (χ0n) is 19.4. The predicted molar refractivity (Wildman–Crippen MR) is 127 cm³/mol. The highest BCUT2D eigenvalue weighted by atomic mass is 28.4. The van der Waals surface area contributed by atoms with E-state index in [1.807, 2.05) is 54.6 Å². The maximum Gasteiger partial charge on any atom is 0.416 e. The van der Waals surface area contributed by atoms with Crippen LogP contribution in [0.5, 0.6) is 0 Å². The quantitative estimate of drug-likeness (QED) is 0.322. The van der Waals surface area contributed by atoms with E-state index in [-0.39, 0.29) is 5.04 Å². The lowest BCUT2D eigenvalue weighted by Crippen LogP contribution is -2.40. The zero-order chi connectivity index (χ0) is 24.0. The molecule has 2 aromatic rings. The summed E-state index contributed by atoms with van der Waals surface area (Å²) in [6, 6.07) is 14.1. The molecule has 0 bridgehead atoms. The second-order valence-corrected chi connectivity index (χ2v) is 14.2. The molecule has 6 heteroatoms. The number of halogens is 3. The number of hydrogen-bond donors (Lipinski definition) is 1. The van der Waals surface area contributed by atoms with Crippen molar-refractivity contribution in [1.29, 1.82) is 0 Å². The topological polar surface area (TPSA) is 29.5 Å². The van der Waals surface area contributed by atoms with Crippen molar-refractivity contribution < 1.29 is 22.7 Å². The van der Waals surface area contributed by atoms with Crippen molar-refractivity contribution in [2.45, 2.75) is 57.1 Å². The molecule has 0 saturated carbocycles. The Bertz CT molecular complexity index is 895. The monoisotopic (exact) mass is 462 g/mol. The van der Waals surface area contributed by atoms with Crippen LogP contribution in [0.4, 0.5) is 13.2 Å². The number of allylic oxidation sites excluding steroid dienone is 2. The number of hydrogen-bond acceptors (Lipinski definition) is 2. The van der Waals surface area contributed by atoms with Crippen LogP contribution >= 0.6 is 0 Å². The van der Waals surface area contributed by atoms with Gasteiger partial charge in [-0.15, -0.1) is 0 Å². The summed E-state index contributed by atoms with van der Waals surface area (Å²) >= 11 is 0. The third-order valence-electron chi connectivity index (χ3n) is 6.02. The van der Waals surface area contributed by atoms with Crippen LogP contribution in [0, 0.1) is 0 Å². The molecular formula is C26H33F3O2Si. The van der Waals surface area contributed by atoms with E-state index in [1.54, 1.807) is 0 Å². The Morgan fingerprint density at radius 1 is 0.906 bits per heavy atom. The van der Waals surface area contributed by atoms with Gasteiger partial charge in [0.2, 0.25) is 0 Å². The number of aliphatic hydroxyl groups excluding tert-OH is 1. The van der Waals surface area contributed by atoms with Crippen LogP contribution in [-0.2, 0) is 10.6 Å². The second-order valence-electron chi connectivity index (χ2n) is 9.39. The molecule has 0 heterocycles. The van der Waals surface area contributed by atoms with Gasteiger partial charge >= 0.3 is 6.18 Å². The molecule has 0 unspecified atom stereocenters. The first kappa shape index (κ1) is 26.1. The van der Waals surface area contributed by atoms with Gasteiger partial charge < -0.3 is 9.53 Å². The Kier molecular flexibility index (Phi) is 8.68. The van der Waals surface area contributed by atoms with Crippen LogP contribution in [0.25, 0.3) is 0 Å². The molecule has 0 aliphatic rings. The molecule has 0 saturated heterocycles. The average Bonchev–Trinajstić information content (AvgIpc) is 2.72. The first-order valence-corrected chi connectivity index (χ1v) is 13.6. The van der Waals surface area contributed by atoms with Crippen LogP contribution in [0.3, 0.4) is 0 Å². The first-order valence-electron chi connectivity index (χ1n) is 10.7. The van der Waals surface area contributed by atoms with Crippen molar-refractivity contribution in [3.8, 4) is 0 Å². The fraction of sp³-hybridized carbons (Fsp3) is 0.385. The number of aliphatic hydroxyl groups is 1. The fourth-order valence-electron chi connectivity index (χ4n) is 2.94. The second kappa shape index (κ2) is 10.6. The number of benzene rings is 2. The van der Waals surface area contributed by atoms with Gasteiger partial charge in [0, 0.05) is 5.92 Å². The van der Waals surface area contributed by atoms with E-state index < -0.39 is 32.1 Å². The van der Waals surface area contributed by atoms with Gasteiger partial charge in [0.05, 0.1) is 18.3 Å². The smallest absolute Gasteiger partial charge is 0.413 e. The average molecular weight is 463 g/mol. The summed E-state index contributed by atoms with van der Waals surface area (Å²) in [5.74, 6) is -0.404. The van der Waals surface area contributed by atoms with Crippen LogP contribution < -0.4 is 0 Å². The first-order chi connectivity index (χ1) is 14.8. The molecule has 0 aromatic heterocycles. The third kappa shape index (κ3) is 7.19. The largest absolute Gasteiger partial charge is 0.416 e. The Hall–Kier alpha value is -2.15. The van der Waals surface area contributed by atoms with Gasteiger partial charge in [0.1, 0.15) is 0 Å². The maximum atomic E-state index is 12.9. The van der Waals surface area contributed by atoms with Crippen LogP contribution in [0.1, 0.15) is 49.5 Å². The maximum absolute atomic E-state index is 12.9. The SMILES string of the molecule is CC(C)(C)[Si](C)(C)OC/C=C/C=C\[C@H](c1ccccc1)[C@H](O)c1ccc(C(F)(F)F)cc1. The molecule has 0 aliphatic heterocycles. The highest BCUT2D eigenvalue weighted by Gasteiger charge is 2.36. The lowest BCUT2D eigenvalue weighted by Gasteiger charge is -2.35. The molecule has 2 rings (SSSR count). The minimum absolute atomic E-state index is 0.140. The van der Waals surface area contributed by atoms with E-state index in [4.69, 9.17) is 4.43 Å². The summed E-state index contributed by atoms with van der Waals surface area (Å²) < 4.78 is 44.7. The fourth-order valence-corrected chi connectivity index (χ4v) is 3.89. The summed E-state index contributed by atoms with van der Waals surface area (Å²) in [5, 5.41) is 11.1. The zero-order valence-corrected chi connectivity index (χ0v) is 20.4. The van der Waals surface area contributed by atoms with E-state index in [2.05, 4.69) is 33.9 Å². The summed E-state index contributed by atoms with van der Waals surface area (Å²) in [6.07, 6.45) is 2.14. The van der Waals surface area contributed by atoms with E-state index in [0.717, 1.165) is 17.7 Å². The lowest BCUT2D eigenvalue weighted by atomic mass is 9.88. The van der Waals surface area contributed by atoms with Gasteiger partial charge in [-0.25, -0.2) is 0 Å². The Morgan fingerprint density at radius 2 is 1.50 bits per heavy atom. The minimum atomic E-state index is -4.40. The molecule has 2 nitrogen and oxygen atoms in total. The number of alkyl halides is 3. The van der Waals surface area contributed by atoms with Crippen molar-refractivity contribution in [2.24, 2.45) is 0 Å². The normalized spacial score (nSPS) is 15.4. The third-order valence-corrected chi connectivity index (χ3v) is 10.5. The minimum Gasteiger partial charge on any atom is -0.413 e. The highest BCUT2D eigenvalue weighted by Crippen LogP contribution is 2.37. The molecule has 174 valence electrons. The van der Waals surface area contributed by atoms with Crippen molar-refractivity contribution >= 4 is 8.32 Å². The van der Waals surface area contributed by atoms with Gasteiger partial charge in [-0.1, -0.05) is 87.5 Å². The predicted octanol–water partition coefficient (Wildman–Crippen LogP) is 7.66. The van der Waals surface area contributed by atoms with E-state index in [0.29, 0.717) is 12.2 Å². The van der Waals surface area contributed by atoms with Crippen LogP contribution in [0.15, 0.2) is 78.9 Å². The van der Waals surface area contributed by atoms with Crippen molar-refractivity contribution in [3.63, 3.8) is 0 Å². The Balaban J connectivity index is 2.14. The van der Waals surface area contributed by atoms with Crippen LogP contribution in [0.2, 0.25) is 18.1 Å². The van der Waals surface area contributed by atoms with Gasteiger partial charge in [0.25, 0.3) is 0 Å². The van der Waals surface area contributed by atoms with Crippen LogP contribution in [-0.4, -0.2) is 20.0 Å². The van der Waals surface area contributed by atoms with E-state index in [9.17, 15) is 18.3 Å². The lowest BCUT2D eigenvalue weighted by molar-refractivity contribution is -0.137. The molecule has 0 spiro atoms. The van der Waals surface area contributed by atoms with Gasteiger partial charge in [-0.3, -0.25) is 0 Å². The highest BCUT2D eigenvalue weighted by molar-refractivity contribution is 6.74. The molecule has 0 fully saturated rings. The summed E-state index contributed by atoms with van der Waals surface area (Å²) in [5.41, 5.74) is 0.578. The van der Waals surface area contributed by atoms with E-state index >= 15 is 0 Å². The van der Waals surface area contributed by atoms with Gasteiger partial charge in [-0.05, 0) is 41.4 Å². The van der Waals surface area contributed by atoms with Crippen molar-refractivity contribution in [1.82, 2.24) is 0 Å². The van der Waals surface area contributed by atoms with E-state index in [1.165, 1.54) is 12.1 Å². The van der Waals surface area contributed by atoms with Gasteiger partial charge in [0.15, 0.2) is 8.32 Å². The molecular weight excluding hydrogens is 429 g/mol. The molecule has 1 N–H and O–H groups in total. The standard InChI is InChI=1S/C26H33F3O2Si/c1-25(2,3)32(4,5)31-19-11-7-10-14-23(20-12-8-6-9-13-20)24(30)21-15-17-22(18-16-21)26(27,28)29/h6-18,23-24,30H,19H2,1-5H3/b11-7+,14-10-/t23-,24-/m1/s1. The Labute approximate surface area is 190 Å².